The van der Waals surface area contributed by atoms with Crippen molar-refractivity contribution in [2.45, 2.75) is 44.4 Å². The van der Waals surface area contributed by atoms with Gasteiger partial charge in [-0.15, -0.1) is 0 Å². The van der Waals surface area contributed by atoms with Crippen LogP contribution in [-0.4, -0.2) is 47.3 Å². The van der Waals surface area contributed by atoms with Gasteiger partial charge in [-0.25, -0.2) is 15.0 Å². The molecule has 0 bridgehead atoms. The highest BCUT2D eigenvalue weighted by Gasteiger charge is 2.30. The van der Waals surface area contributed by atoms with Crippen LogP contribution in [0.1, 0.15) is 37.7 Å². The van der Waals surface area contributed by atoms with E-state index in [-0.39, 0.29) is 24.5 Å². The topological polar surface area (TPSA) is 127 Å². The Morgan fingerprint density at radius 3 is 2.18 bits per heavy atom. The summed E-state index contributed by atoms with van der Waals surface area (Å²) in [5, 5.41) is 15.8. The van der Waals surface area contributed by atoms with Crippen molar-refractivity contribution in [2.24, 2.45) is 5.92 Å². The minimum atomic E-state index is -4.40. The van der Waals surface area contributed by atoms with E-state index in [1.54, 1.807) is 30.7 Å². The van der Waals surface area contributed by atoms with Gasteiger partial charge in [-0.1, -0.05) is 12.1 Å². The van der Waals surface area contributed by atoms with Crippen LogP contribution in [0.15, 0.2) is 55.0 Å². The number of pyridine rings is 1. The average Bonchev–Trinajstić information content (AvgIpc) is 3.40. The first-order valence-corrected chi connectivity index (χ1v) is 12.0. The van der Waals surface area contributed by atoms with E-state index in [1.807, 2.05) is 0 Å². The van der Waals surface area contributed by atoms with Crippen LogP contribution in [0.3, 0.4) is 0 Å². The van der Waals surface area contributed by atoms with Crippen molar-refractivity contribution in [3.8, 4) is 40.0 Å². The van der Waals surface area contributed by atoms with E-state index >= 15 is 0 Å². The Balaban J connectivity index is 1.20. The van der Waals surface area contributed by atoms with Gasteiger partial charge in [0.05, 0.1) is 11.3 Å². The zero-order valence-electron chi connectivity index (χ0n) is 20.0. The fourth-order valence-electron chi connectivity index (χ4n) is 4.39. The third-order valence-corrected chi connectivity index (χ3v) is 6.45. The number of aliphatic carboxylic acids is 1. The van der Waals surface area contributed by atoms with Gasteiger partial charge in [0.15, 0.2) is 11.6 Å². The Kier molecular flexibility index (Phi) is 7.03. The normalized spacial score (nSPS) is 17.8. The summed E-state index contributed by atoms with van der Waals surface area (Å²) < 4.78 is 44.2. The molecule has 0 saturated heterocycles. The van der Waals surface area contributed by atoms with E-state index < -0.39 is 17.7 Å². The number of hydrogen-bond acceptors (Lipinski definition) is 7. The number of alkyl halides is 3. The maximum atomic E-state index is 12.8. The number of rotatable bonds is 7. The Morgan fingerprint density at radius 2 is 1.58 bits per heavy atom. The van der Waals surface area contributed by atoms with Crippen molar-refractivity contribution in [1.82, 2.24) is 30.1 Å². The molecule has 9 nitrogen and oxygen atoms in total. The third-order valence-electron chi connectivity index (χ3n) is 6.45. The molecule has 0 radical (unpaired) electrons. The van der Waals surface area contributed by atoms with Crippen LogP contribution in [0, 0.1) is 5.92 Å². The number of carbonyl (C=O) groups is 1. The Hall–Kier alpha value is -4.35. The second-order valence-electron chi connectivity index (χ2n) is 9.13. The van der Waals surface area contributed by atoms with Gasteiger partial charge < -0.3 is 9.84 Å². The number of H-pyrrole nitrogens is 1. The first-order valence-electron chi connectivity index (χ1n) is 12.0. The molecule has 12 heteroatoms. The quantitative estimate of drug-likeness (QED) is 0.328. The standard InChI is InChI=1S/C26H23F3N6O3/c27-26(28,29)19-6-3-16(4-7-19)23-33-24(35-34-23)17-5-10-21(30-12-17)18-13-31-25(32-14-18)38-20-8-1-15(2-9-20)11-22(36)37/h3-7,10,12-15,20H,1-2,8-9,11H2,(H,36,37)(H,33,34,35). The van der Waals surface area contributed by atoms with Gasteiger partial charge >= 0.3 is 18.2 Å². The van der Waals surface area contributed by atoms with Crippen molar-refractivity contribution in [3.63, 3.8) is 0 Å². The first kappa shape index (κ1) is 25.3. The predicted octanol–water partition coefficient (Wildman–Crippen LogP) is 5.42. The first-order chi connectivity index (χ1) is 18.2. The SMILES string of the molecule is O=C(O)CC1CCC(Oc2ncc(-c3ccc(-c4n[nH]c(-c5ccc(C(F)(F)F)cc5)n4)cn3)cn2)CC1. The van der Waals surface area contributed by atoms with Crippen LogP contribution in [0.5, 0.6) is 6.01 Å². The summed E-state index contributed by atoms with van der Waals surface area (Å²) in [4.78, 5) is 28.3. The molecule has 0 unspecified atom stereocenters. The summed E-state index contributed by atoms with van der Waals surface area (Å²) >= 11 is 0. The van der Waals surface area contributed by atoms with E-state index in [0.29, 0.717) is 34.0 Å². The minimum Gasteiger partial charge on any atom is -0.481 e. The minimum absolute atomic E-state index is 0.0304. The maximum Gasteiger partial charge on any atom is 0.416 e. The van der Waals surface area contributed by atoms with Crippen molar-refractivity contribution >= 4 is 5.97 Å². The van der Waals surface area contributed by atoms with Gasteiger partial charge in [-0.05, 0) is 55.9 Å². The van der Waals surface area contributed by atoms with E-state index in [0.717, 1.165) is 37.8 Å². The number of ether oxygens (including phenoxy) is 1. The summed E-state index contributed by atoms with van der Waals surface area (Å²) in [6.45, 7) is 0. The zero-order chi connectivity index (χ0) is 26.7. The number of nitrogens with one attached hydrogen (secondary N) is 1. The van der Waals surface area contributed by atoms with Gasteiger partial charge in [-0.3, -0.25) is 14.9 Å². The van der Waals surface area contributed by atoms with Gasteiger partial charge in [0.25, 0.3) is 0 Å². The Labute approximate surface area is 215 Å². The molecule has 0 spiro atoms. The van der Waals surface area contributed by atoms with E-state index in [4.69, 9.17) is 9.84 Å². The molecule has 1 fully saturated rings. The lowest BCUT2D eigenvalue weighted by atomic mass is 9.85. The summed E-state index contributed by atoms with van der Waals surface area (Å²) in [5.41, 5.74) is 1.70. The van der Waals surface area contributed by atoms with E-state index in [9.17, 15) is 18.0 Å². The Bertz CT molecular complexity index is 1380. The molecule has 3 heterocycles. The molecule has 38 heavy (non-hydrogen) atoms. The Morgan fingerprint density at radius 1 is 0.921 bits per heavy atom. The summed E-state index contributed by atoms with van der Waals surface area (Å²) in [5.74, 6) is 0.130. The van der Waals surface area contributed by atoms with Crippen LogP contribution in [0.2, 0.25) is 0 Å². The molecule has 0 atom stereocenters. The number of carboxylic acid groups (broad SMARTS) is 1. The number of halogens is 3. The van der Waals surface area contributed by atoms with E-state index in [2.05, 4.69) is 30.1 Å². The highest BCUT2D eigenvalue weighted by atomic mass is 19.4. The van der Waals surface area contributed by atoms with Gasteiger partial charge in [-0.2, -0.15) is 18.3 Å². The maximum absolute atomic E-state index is 12.8. The number of aromatic nitrogens is 6. The molecule has 1 aliphatic rings. The van der Waals surface area contributed by atoms with Crippen molar-refractivity contribution in [1.29, 1.82) is 0 Å². The smallest absolute Gasteiger partial charge is 0.416 e. The van der Waals surface area contributed by atoms with Crippen LogP contribution in [0.4, 0.5) is 13.2 Å². The molecule has 4 aromatic rings. The van der Waals surface area contributed by atoms with Crippen molar-refractivity contribution in [3.05, 3.63) is 60.6 Å². The number of benzene rings is 1. The molecule has 1 aliphatic carbocycles. The monoisotopic (exact) mass is 524 g/mol. The molecule has 1 aromatic carbocycles. The average molecular weight is 525 g/mol. The fraction of sp³-hybridized carbons (Fsp3) is 0.308. The zero-order valence-corrected chi connectivity index (χ0v) is 20.0. The van der Waals surface area contributed by atoms with Gasteiger partial charge in [0.1, 0.15) is 6.10 Å². The molecule has 2 N–H and O–H groups in total. The third kappa shape index (κ3) is 5.96. The van der Waals surface area contributed by atoms with Crippen LogP contribution in [-0.2, 0) is 11.0 Å². The molecule has 0 aliphatic heterocycles. The molecule has 196 valence electrons. The summed E-state index contributed by atoms with van der Waals surface area (Å²) in [6.07, 6.45) is 3.76. The number of nitrogens with zero attached hydrogens (tertiary/aromatic N) is 5. The van der Waals surface area contributed by atoms with Crippen LogP contribution >= 0.6 is 0 Å². The van der Waals surface area contributed by atoms with Crippen LogP contribution in [0.25, 0.3) is 34.0 Å². The molecular formula is C26H23F3N6O3. The largest absolute Gasteiger partial charge is 0.481 e. The second-order valence-corrected chi connectivity index (χ2v) is 9.13. The molecule has 0 amide bonds. The summed E-state index contributed by atoms with van der Waals surface area (Å²) in [7, 11) is 0. The highest BCUT2D eigenvalue weighted by Crippen LogP contribution is 2.31. The molecule has 1 saturated carbocycles. The molecule has 3 aromatic heterocycles. The lowest BCUT2D eigenvalue weighted by Gasteiger charge is -2.27. The lowest BCUT2D eigenvalue weighted by Crippen LogP contribution is -2.25. The van der Waals surface area contributed by atoms with Crippen molar-refractivity contribution < 1.29 is 27.8 Å². The van der Waals surface area contributed by atoms with E-state index in [1.165, 1.54) is 12.1 Å². The number of hydrogen-bond donors (Lipinski definition) is 2. The van der Waals surface area contributed by atoms with Gasteiger partial charge in [0.2, 0.25) is 0 Å². The number of carboxylic acids is 1. The molecule has 5 rings (SSSR count). The number of aromatic amines is 1. The fourth-order valence-corrected chi connectivity index (χ4v) is 4.39. The predicted molar refractivity (Wildman–Crippen MR) is 130 cm³/mol. The van der Waals surface area contributed by atoms with Gasteiger partial charge in [0, 0.05) is 41.7 Å². The highest BCUT2D eigenvalue weighted by molar-refractivity contribution is 5.67. The van der Waals surface area contributed by atoms with Crippen molar-refractivity contribution in [2.75, 3.05) is 0 Å². The summed E-state index contributed by atoms with van der Waals surface area (Å²) in [6, 6.07) is 8.49. The second kappa shape index (κ2) is 10.6. The van der Waals surface area contributed by atoms with Crippen LogP contribution < -0.4 is 4.74 Å². The lowest BCUT2D eigenvalue weighted by molar-refractivity contribution is -0.139. The molecular weight excluding hydrogens is 501 g/mol.